The number of nitrogens with zero attached hydrogens (tertiary/aromatic N) is 2. The van der Waals surface area contributed by atoms with Gasteiger partial charge in [0.1, 0.15) is 0 Å². The summed E-state index contributed by atoms with van der Waals surface area (Å²) in [6.45, 7) is 1.17. The average molecular weight is 483 g/mol. The Balaban J connectivity index is 1.39. The summed E-state index contributed by atoms with van der Waals surface area (Å²) in [5.74, 6) is 0. The van der Waals surface area contributed by atoms with E-state index in [4.69, 9.17) is 0 Å². The summed E-state index contributed by atoms with van der Waals surface area (Å²) in [5, 5.41) is 7.85. The third kappa shape index (κ3) is 4.56. The number of hydrogen-bond acceptors (Lipinski definition) is 10. The Hall–Kier alpha value is -2.28. The highest BCUT2D eigenvalue weighted by Crippen LogP contribution is 2.29. The molecule has 0 saturated heterocycles. The second-order valence-corrected chi connectivity index (χ2v) is 12.8. The van der Waals surface area contributed by atoms with E-state index in [2.05, 4.69) is 20.6 Å². The number of sulfone groups is 2. The summed E-state index contributed by atoms with van der Waals surface area (Å²) in [6, 6.07) is 9.81. The number of rotatable bonds is 7. The molecule has 0 unspecified atom stereocenters. The highest BCUT2D eigenvalue weighted by Gasteiger charge is 2.12. The lowest BCUT2D eigenvalue weighted by Crippen LogP contribution is -2.13. The first-order valence-corrected chi connectivity index (χ1v) is 14.2. The molecule has 2 N–H and O–H groups in total. The lowest BCUT2D eigenvalue weighted by Gasteiger charge is -2.03. The van der Waals surface area contributed by atoms with E-state index in [0.29, 0.717) is 23.4 Å². The van der Waals surface area contributed by atoms with Crippen molar-refractivity contribution in [1.82, 2.24) is 9.97 Å². The Bertz CT molecular complexity index is 1340. The minimum atomic E-state index is -3.25. The van der Waals surface area contributed by atoms with Crippen molar-refractivity contribution in [3.8, 4) is 0 Å². The van der Waals surface area contributed by atoms with Gasteiger partial charge in [-0.1, -0.05) is 22.7 Å². The van der Waals surface area contributed by atoms with E-state index in [-0.39, 0.29) is 9.79 Å². The molecule has 8 nitrogen and oxygen atoms in total. The van der Waals surface area contributed by atoms with Gasteiger partial charge in [0.15, 0.2) is 29.9 Å². The van der Waals surface area contributed by atoms with Crippen LogP contribution in [0.4, 0.5) is 10.3 Å². The summed E-state index contributed by atoms with van der Waals surface area (Å²) < 4.78 is 48.4. The summed E-state index contributed by atoms with van der Waals surface area (Å²) in [7, 11) is -6.50. The number of hydrogen-bond donors (Lipinski definition) is 2. The maximum atomic E-state index is 11.7. The normalized spacial score (nSPS) is 12.5. The first kappa shape index (κ1) is 21.0. The van der Waals surface area contributed by atoms with Gasteiger partial charge in [-0.25, -0.2) is 26.8 Å². The highest BCUT2D eigenvalue weighted by molar-refractivity contribution is 7.91. The number of fused-ring (bicyclic) bond motifs is 2. The first-order valence-electron chi connectivity index (χ1n) is 8.79. The van der Waals surface area contributed by atoms with E-state index in [9.17, 15) is 16.8 Å². The van der Waals surface area contributed by atoms with Crippen LogP contribution < -0.4 is 10.6 Å². The van der Waals surface area contributed by atoms with Crippen LogP contribution in [0.15, 0.2) is 46.2 Å². The van der Waals surface area contributed by atoms with Crippen molar-refractivity contribution in [3.63, 3.8) is 0 Å². The Morgan fingerprint density at radius 3 is 1.50 bits per heavy atom. The predicted molar refractivity (Wildman–Crippen MR) is 122 cm³/mol. The van der Waals surface area contributed by atoms with Gasteiger partial charge >= 0.3 is 0 Å². The van der Waals surface area contributed by atoms with Crippen LogP contribution in [0, 0.1) is 0 Å². The number of nitrogens with one attached hydrogen (secondary N) is 2. The van der Waals surface area contributed by atoms with Crippen molar-refractivity contribution in [3.05, 3.63) is 36.4 Å². The molecule has 0 amide bonds. The summed E-state index contributed by atoms with van der Waals surface area (Å²) in [5.41, 5.74) is 1.49. The van der Waals surface area contributed by atoms with E-state index < -0.39 is 19.7 Å². The van der Waals surface area contributed by atoms with Crippen molar-refractivity contribution in [2.45, 2.75) is 9.79 Å². The van der Waals surface area contributed by atoms with Crippen molar-refractivity contribution in [2.75, 3.05) is 36.2 Å². The Labute approximate surface area is 181 Å². The molecule has 0 spiro atoms. The fourth-order valence-electron chi connectivity index (χ4n) is 2.76. The Morgan fingerprint density at radius 1 is 0.733 bits per heavy atom. The topological polar surface area (TPSA) is 118 Å². The van der Waals surface area contributed by atoms with E-state index in [1.54, 1.807) is 36.4 Å². The zero-order valence-electron chi connectivity index (χ0n) is 16.0. The van der Waals surface area contributed by atoms with Crippen LogP contribution in [0.2, 0.25) is 0 Å². The monoisotopic (exact) mass is 482 g/mol. The number of aromatic nitrogens is 2. The largest absolute Gasteiger partial charge is 0.360 e. The van der Waals surface area contributed by atoms with Crippen LogP contribution in [0.5, 0.6) is 0 Å². The summed E-state index contributed by atoms with van der Waals surface area (Å²) >= 11 is 2.79. The molecular weight excluding hydrogens is 464 g/mol. The molecule has 30 heavy (non-hydrogen) atoms. The molecule has 0 aliphatic heterocycles. The van der Waals surface area contributed by atoms with Gasteiger partial charge in [-0.15, -0.1) is 0 Å². The molecule has 2 heterocycles. The molecule has 0 aliphatic carbocycles. The van der Waals surface area contributed by atoms with Gasteiger partial charge in [0.05, 0.1) is 30.2 Å². The van der Waals surface area contributed by atoms with Gasteiger partial charge in [-0.2, -0.15) is 0 Å². The molecule has 0 aliphatic rings. The third-order valence-corrected chi connectivity index (χ3v) is 8.43. The van der Waals surface area contributed by atoms with Gasteiger partial charge in [0.25, 0.3) is 0 Å². The molecule has 0 fully saturated rings. The summed E-state index contributed by atoms with van der Waals surface area (Å²) in [6.07, 6.45) is 2.37. The molecule has 2 aromatic carbocycles. The van der Waals surface area contributed by atoms with Crippen molar-refractivity contribution in [2.24, 2.45) is 0 Å². The van der Waals surface area contributed by atoms with Crippen LogP contribution in [0.3, 0.4) is 0 Å². The maximum absolute atomic E-state index is 11.7. The molecular formula is C18H18N4O4S4. The maximum Gasteiger partial charge on any atom is 0.183 e. The van der Waals surface area contributed by atoms with Gasteiger partial charge in [0, 0.05) is 25.6 Å². The average Bonchev–Trinajstić information content (AvgIpc) is 3.25. The van der Waals surface area contributed by atoms with E-state index in [0.717, 1.165) is 20.4 Å². The van der Waals surface area contributed by atoms with E-state index >= 15 is 0 Å². The Morgan fingerprint density at radius 2 is 1.13 bits per heavy atom. The SMILES string of the molecule is CS(=O)(=O)c1ccc2nc(NCCNc3nc4ccc(S(C)(=O)=O)cc4s3)sc2c1. The molecule has 4 rings (SSSR count). The molecule has 4 aromatic rings. The minimum absolute atomic E-state index is 0.279. The molecule has 0 radical (unpaired) electrons. The van der Waals surface area contributed by atoms with Crippen molar-refractivity contribution < 1.29 is 16.8 Å². The molecule has 158 valence electrons. The summed E-state index contributed by atoms with van der Waals surface area (Å²) in [4.78, 5) is 9.48. The molecule has 0 bridgehead atoms. The predicted octanol–water partition coefficient (Wildman–Crippen LogP) is 3.24. The fraction of sp³-hybridized carbons (Fsp3) is 0.222. The zero-order valence-corrected chi connectivity index (χ0v) is 19.3. The number of benzene rings is 2. The second-order valence-electron chi connectivity index (χ2n) is 6.69. The van der Waals surface area contributed by atoms with Crippen LogP contribution in [0.1, 0.15) is 0 Å². The third-order valence-electron chi connectivity index (χ3n) is 4.25. The standard InChI is InChI=1S/C18H18N4O4S4/c1-29(23,24)11-3-5-13-15(9-11)27-17(21-13)19-7-8-20-18-22-14-6-4-12(30(2,25)26)10-16(14)28-18/h3-6,9-10H,7-8H2,1-2H3,(H,19,21)(H,20,22). The molecule has 2 aromatic heterocycles. The van der Waals surface area contributed by atoms with Crippen LogP contribution in [-0.4, -0.2) is 52.4 Å². The zero-order chi connectivity index (χ0) is 21.5. The van der Waals surface area contributed by atoms with Gasteiger partial charge < -0.3 is 10.6 Å². The molecule has 0 saturated carbocycles. The lowest BCUT2D eigenvalue weighted by molar-refractivity contribution is 0.600. The fourth-order valence-corrected chi connectivity index (χ4v) is 6.07. The van der Waals surface area contributed by atoms with E-state index in [1.165, 1.54) is 35.2 Å². The quantitative estimate of drug-likeness (QED) is 0.386. The number of anilines is 2. The minimum Gasteiger partial charge on any atom is -0.360 e. The van der Waals surface area contributed by atoms with Crippen LogP contribution >= 0.6 is 22.7 Å². The van der Waals surface area contributed by atoms with Crippen molar-refractivity contribution >= 4 is 73.0 Å². The van der Waals surface area contributed by atoms with Crippen molar-refractivity contribution in [1.29, 1.82) is 0 Å². The lowest BCUT2D eigenvalue weighted by atomic mass is 10.3. The molecule has 0 atom stereocenters. The van der Waals surface area contributed by atoms with Gasteiger partial charge in [0.2, 0.25) is 0 Å². The van der Waals surface area contributed by atoms with Crippen LogP contribution in [0.25, 0.3) is 20.4 Å². The smallest absolute Gasteiger partial charge is 0.183 e. The number of thiazole rings is 2. The van der Waals surface area contributed by atoms with Gasteiger partial charge in [-0.05, 0) is 36.4 Å². The Kier molecular flexibility index (Phi) is 5.43. The van der Waals surface area contributed by atoms with Crippen LogP contribution in [-0.2, 0) is 19.7 Å². The second kappa shape index (κ2) is 7.76. The van der Waals surface area contributed by atoms with Gasteiger partial charge in [-0.3, -0.25) is 0 Å². The van der Waals surface area contributed by atoms with E-state index in [1.807, 2.05) is 0 Å². The first-order chi connectivity index (χ1) is 14.1. The highest BCUT2D eigenvalue weighted by atomic mass is 32.2. The molecule has 12 heteroatoms.